The van der Waals surface area contributed by atoms with Gasteiger partial charge in [-0.3, -0.25) is 4.79 Å². The lowest BCUT2D eigenvalue weighted by molar-refractivity contribution is -0.139. The van der Waals surface area contributed by atoms with Crippen LogP contribution in [0.1, 0.15) is 11.3 Å². The average Bonchev–Trinajstić information content (AvgIpc) is 2.30. The molecule has 0 spiro atoms. The molecule has 2 rings (SSSR count). The lowest BCUT2D eigenvalue weighted by atomic mass is 10.1. The third-order valence-electron chi connectivity index (χ3n) is 2.60. The molecule has 3 nitrogen and oxygen atoms in total. The zero-order valence-corrected chi connectivity index (χ0v) is 9.66. The number of esters is 1. The van der Waals surface area contributed by atoms with Crippen molar-refractivity contribution in [2.75, 3.05) is 7.11 Å². The quantitative estimate of drug-likeness (QED) is 0.748. The number of carbonyl (C=O) groups is 1. The van der Waals surface area contributed by atoms with E-state index in [2.05, 4.69) is 9.72 Å². The minimum atomic E-state index is -0.382. The normalized spacial score (nSPS) is 10.5. The number of aromatic nitrogens is 1. The number of aryl methyl sites for hydroxylation is 1. The molecule has 0 atom stereocenters. The van der Waals surface area contributed by atoms with Gasteiger partial charge in [0.1, 0.15) is 11.3 Å². The molecule has 2 aromatic rings. The Morgan fingerprint density at radius 2 is 2.24 bits per heavy atom. The fourth-order valence-electron chi connectivity index (χ4n) is 1.76. The predicted octanol–water partition coefficient (Wildman–Crippen LogP) is 2.40. The summed E-state index contributed by atoms with van der Waals surface area (Å²) in [5.41, 5.74) is 1.71. The highest BCUT2D eigenvalue weighted by molar-refractivity contribution is 5.83. The number of pyridine rings is 1. The first-order chi connectivity index (χ1) is 8.11. The summed E-state index contributed by atoms with van der Waals surface area (Å²) >= 11 is 0. The monoisotopic (exact) mass is 233 g/mol. The Morgan fingerprint density at radius 3 is 2.94 bits per heavy atom. The van der Waals surface area contributed by atoms with Crippen molar-refractivity contribution in [1.82, 2.24) is 4.98 Å². The summed E-state index contributed by atoms with van der Waals surface area (Å²) in [4.78, 5) is 15.3. The van der Waals surface area contributed by atoms with Crippen LogP contribution in [0.2, 0.25) is 0 Å². The summed E-state index contributed by atoms with van der Waals surface area (Å²) in [7, 11) is 1.32. The van der Waals surface area contributed by atoms with Gasteiger partial charge in [0.15, 0.2) is 0 Å². The lowest BCUT2D eigenvalue weighted by Crippen LogP contribution is -2.06. The highest BCUT2D eigenvalue weighted by Gasteiger charge is 2.09. The Kier molecular flexibility index (Phi) is 3.04. The summed E-state index contributed by atoms with van der Waals surface area (Å²) in [5, 5.41) is 0.763. The van der Waals surface area contributed by atoms with Crippen molar-refractivity contribution < 1.29 is 13.9 Å². The second-order valence-corrected chi connectivity index (χ2v) is 3.82. The van der Waals surface area contributed by atoms with Gasteiger partial charge in [0.2, 0.25) is 0 Å². The number of rotatable bonds is 2. The summed E-state index contributed by atoms with van der Waals surface area (Å²) in [6, 6.07) is 6.59. The van der Waals surface area contributed by atoms with Gasteiger partial charge in [-0.2, -0.15) is 0 Å². The van der Waals surface area contributed by atoms with Crippen molar-refractivity contribution in [3.8, 4) is 0 Å². The summed E-state index contributed by atoms with van der Waals surface area (Å²) in [6.07, 6.45) is 0.0572. The van der Waals surface area contributed by atoms with Gasteiger partial charge in [0.25, 0.3) is 0 Å². The highest BCUT2D eigenvalue weighted by Crippen LogP contribution is 2.20. The van der Waals surface area contributed by atoms with Gasteiger partial charge in [0, 0.05) is 5.39 Å². The van der Waals surface area contributed by atoms with E-state index in [9.17, 15) is 9.18 Å². The van der Waals surface area contributed by atoms with Crippen LogP contribution in [-0.4, -0.2) is 18.1 Å². The van der Waals surface area contributed by atoms with E-state index in [0.717, 1.165) is 10.9 Å². The molecule has 0 aliphatic rings. The van der Waals surface area contributed by atoms with E-state index in [-0.39, 0.29) is 18.2 Å². The molecule has 0 saturated heterocycles. The second kappa shape index (κ2) is 4.49. The van der Waals surface area contributed by atoms with Gasteiger partial charge in [-0.05, 0) is 24.6 Å². The van der Waals surface area contributed by atoms with E-state index >= 15 is 0 Å². The van der Waals surface area contributed by atoms with Gasteiger partial charge in [-0.15, -0.1) is 0 Å². The van der Waals surface area contributed by atoms with Crippen molar-refractivity contribution in [3.05, 3.63) is 41.3 Å². The fourth-order valence-corrected chi connectivity index (χ4v) is 1.76. The Balaban J connectivity index is 2.54. The Labute approximate surface area is 98.2 Å². The first-order valence-electron chi connectivity index (χ1n) is 5.23. The van der Waals surface area contributed by atoms with E-state index < -0.39 is 0 Å². The molecule has 0 amide bonds. The average molecular weight is 233 g/mol. The second-order valence-electron chi connectivity index (χ2n) is 3.82. The van der Waals surface area contributed by atoms with Gasteiger partial charge < -0.3 is 4.74 Å². The first-order valence-corrected chi connectivity index (χ1v) is 5.23. The molecule has 0 aliphatic heterocycles. The van der Waals surface area contributed by atoms with Crippen molar-refractivity contribution in [1.29, 1.82) is 0 Å². The number of benzene rings is 1. The maximum atomic E-state index is 13.6. The lowest BCUT2D eigenvalue weighted by Gasteiger charge is -2.06. The van der Waals surface area contributed by atoms with E-state index in [1.165, 1.54) is 13.2 Å². The number of hydrogen-bond acceptors (Lipinski definition) is 3. The van der Waals surface area contributed by atoms with Crippen LogP contribution < -0.4 is 0 Å². The van der Waals surface area contributed by atoms with Crippen LogP contribution in [0.3, 0.4) is 0 Å². The van der Waals surface area contributed by atoms with Crippen molar-refractivity contribution in [2.45, 2.75) is 13.3 Å². The summed E-state index contributed by atoms with van der Waals surface area (Å²) < 4.78 is 18.2. The Hall–Kier alpha value is -1.97. The van der Waals surface area contributed by atoms with E-state index in [0.29, 0.717) is 11.2 Å². The molecule has 88 valence electrons. The number of hydrogen-bond donors (Lipinski definition) is 0. The maximum absolute atomic E-state index is 13.6. The van der Waals surface area contributed by atoms with Crippen molar-refractivity contribution >= 4 is 16.9 Å². The van der Waals surface area contributed by atoms with Gasteiger partial charge >= 0.3 is 5.97 Å². The Bertz CT molecular complexity index is 581. The molecule has 1 heterocycles. The molecule has 0 fully saturated rings. The molecule has 0 N–H and O–H groups in total. The minimum Gasteiger partial charge on any atom is -0.469 e. The zero-order chi connectivity index (χ0) is 12.4. The first kappa shape index (κ1) is 11.5. The topological polar surface area (TPSA) is 39.2 Å². The van der Waals surface area contributed by atoms with Gasteiger partial charge in [-0.1, -0.05) is 12.1 Å². The SMILES string of the molecule is COC(=O)Cc1cc(C)c2cccc(F)c2n1. The molecule has 4 heteroatoms. The number of para-hydroxylation sites is 1. The smallest absolute Gasteiger partial charge is 0.311 e. The molecule has 0 saturated carbocycles. The predicted molar refractivity (Wildman–Crippen MR) is 62.2 cm³/mol. The standard InChI is InChI=1S/C13H12FNO2/c1-8-6-9(7-12(16)17-2)15-13-10(8)4-3-5-11(13)14/h3-6H,7H2,1-2H3. The third kappa shape index (κ3) is 2.25. The number of nitrogens with zero attached hydrogens (tertiary/aromatic N) is 1. The van der Waals surface area contributed by atoms with Crippen LogP contribution in [0.15, 0.2) is 24.3 Å². The molecule has 1 aromatic heterocycles. The fraction of sp³-hybridized carbons (Fsp3) is 0.231. The van der Waals surface area contributed by atoms with E-state index in [4.69, 9.17) is 0 Å². The van der Waals surface area contributed by atoms with Crippen LogP contribution >= 0.6 is 0 Å². The van der Waals surface area contributed by atoms with E-state index in [1.54, 1.807) is 12.1 Å². The molecule has 0 bridgehead atoms. The number of carbonyl (C=O) groups excluding carboxylic acids is 1. The van der Waals surface area contributed by atoms with E-state index in [1.807, 2.05) is 13.0 Å². The minimum absolute atomic E-state index is 0.0572. The molecular weight excluding hydrogens is 221 g/mol. The van der Waals surface area contributed by atoms with Crippen molar-refractivity contribution in [2.24, 2.45) is 0 Å². The van der Waals surface area contributed by atoms with Gasteiger partial charge in [0.05, 0.1) is 19.2 Å². The van der Waals surface area contributed by atoms with Crippen LogP contribution in [-0.2, 0) is 16.0 Å². The van der Waals surface area contributed by atoms with Crippen LogP contribution in [0.25, 0.3) is 10.9 Å². The van der Waals surface area contributed by atoms with Crippen LogP contribution in [0.5, 0.6) is 0 Å². The van der Waals surface area contributed by atoms with Crippen LogP contribution in [0, 0.1) is 12.7 Å². The Morgan fingerprint density at radius 1 is 1.47 bits per heavy atom. The number of halogens is 1. The molecule has 1 aromatic carbocycles. The highest BCUT2D eigenvalue weighted by atomic mass is 19.1. The molecule has 0 unspecified atom stereocenters. The number of ether oxygens (including phenoxy) is 1. The molecule has 17 heavy (non-hydrogen) atoms. The maximum Gasteiger partial charge on any atom is 0.311 e. The number of fused-ring (bicyclic) bond motifs is 1. The molecular formula is C13H12FNO2. The largest absolute Gasteiger partial charge is 0.469 e. The number of methoxy groups -OCH3 is 1. The molecule has 0 radical (unpaired) electrons. The summed E-state index contributed by atoms with van der Waals surface area (Å²) in [6.45, 7) is 1.87. The molecule has 0 aliphatic carbocycles. The summed E-state index contributed by atoms with van der Waals surface area (Å²) in [5.74, 6) is -0.759. The van der Waals surface area contributed by atoms with Crippen LogP contribution in [0.4, 0.5) is 4.39 Å². The third-order valence-corrected chi connectivity index (χ3v) is 2.60. The van der Waals surface area contributed by atoms with Crippen molar-refractivity contribution in [3.63, 3.8) is 0 Å². The van der Waals surface area contributed by atoms with Gasteiger partial charge in [-0.25, -0.2) is 9.37 Å². The zero-order valence-electron chi connectivity index (χ0n) is 9.66.